The van der Waals surface area contributed by atoms with E-state index < -0.39 is 0 Å². The maximum Gasteiger partial charge on any atom is 0.119 e. The first-order valence-corrected chi connectivity index (χ1v) is 2.67. The van der Waals surface area contributed by atoms with Crippen LogP contribution >= 0.6 is 0 Å². The predicted molar refractivity (Wildman–Crippen MR) is 30.9 cm³/mol. The number of hydrogen-bond acceptors (Lipinski definition) is 1. The highest BCUT2D eigenvalue weighted by molar-refractivity contribution is 5.46. The summed E-state index contributed by atoms with van der Waals surface area (Å²) in [5, 5.41) is 8.96. The lowest BCUT2D eigenvalue weighted by molar-refractivity contribution is 0.466. The van der Waals surface area contributed by atoms with Crippen LogP contribution in [-0.4, -0.2) is 5.11 Å². The lowest BCUT2D eigenvalue weighted by atomic mass is 9.93. The molecular formula is C7H6O. The zero-order valence-electron chi connectivity index (χ0n) is 4.39. The Bertz CT molecular complexity index is 219. The maximum atomic E-state index is 8.96. The van der Waals surface area contributed by atoms with E-state index in [9.17, 15) is 0 Å². The number of fused-ring (bicyclic) bond motifs is 2. The molecule has 0 spiro atoms. The van der Waals surface area contributed by atoms with Gasteiger partial charge in [-0.1, -0.05) is 12.1 Å². The second-order valence-corrected chi connectivity index (χ2v) is 2.14. The molecule has 2 bridgehead atoms. The first-order valence-electron chi connectivity index (χ1n) is 2.67. The Balaban J connectivity index is 2.72. The van der Waals surface area contributed by atoms with Gasteiger partial charge in [0.1, 0.15) is 5.75 Å². The predicted octanol–water partition coefficient (Wildman–Crippen LogP) is 1.30. The minimum Gasteiger partial charge on any atom is -0.508 e. The van der Waals surface area contributed by atoms with Crippen molar-refractivity contribution < 1.29 is 5.11 Å². The number of phenols is 1. The molecule has 0 amide bonds. The molecule has 0 aromatic heterocycles. The molecule has 3 rings (SSSR count). The number of benzene rings is 1. The summed E-state index contributed by atoms with van der Waals surface area (Å²) in [5.41, 5.74) is 2.42. The van der Waals surface area contributed by atoms with Crippen LogP contribution in [0.2, 0.25) is 0 Å². The molecule has 0 radical (unpaired) electrons. The molecule has 1 aromatic rings. The van der Waals surface area contributed by atoms with Crippen LogP contribution in [0.5, 0.6) is 5.75 Å². The van der Waals surface area contributed by atoms with Gasteiger partial charge in [0.15, 0.2) is 0 Å². The minimum absolute atomic E-state index is 0.444. The van der Waals surface area contributed by atoms with Crippen molar-refractivity contribution >= 4 is 0 Å². The normalized spacial score (nSPS) is 13.0. The maximum absolute atomic E-state index is 8.96. The summed E-state index contributed by atoms with van der Waals surface area (Å²) < 4.78 is 0. The Labute approximate surface area is 47.6 Å². The topological polar surface area (TPSA) is 20.2 Å². The van der Waals surface area contributed by atoms with Crippen LogP contribution in [0.4, 0.5) is 0 Å². The molecule has 40 valence electrons. The Morgan fingerprint density at radius 2 is 2.12 bits per heavy atom. The van der Waals surface area contributed by atoms with E-state index in [2.05, 4.69) is 0 Å². The van der Waals surface area contributed by atoms with Crippen molar-refractivity contribution in [2.45, 2.75) is 6.42 Å². The van der Waals surface area contributed by atoms with E-state index >= 15 is 0 Å². The van der Waals surface area contributed by atoms with Gasteiger partial charge in [0, 0.05) is 6.42 Å². The highest BCUT2D eigenvalue weighted by Gasteiger charge is 2.11. The molecule has 2 aliphatic carbocycles. The second kappa shape index (κ2) is 1.05. The standard InChI is InChI=1S/C7H6O/c8-7-2-1-5-3-6(7)4-5/h1-3,8H,4H2. The van der Waals surface area contributed by atoms with Gasteiger partial charge in [-0.2, -0.15) is 0 Å². The Kier molecular flexibility index (Phi) is 0.519. The van der Waals surface area contributed by atoms with Crippen LogP contribution in [0.15, 0.2) is 18.2 Å². The molecule has 1 N–H and O–H groups in total. The largest absolute Gasteiger partial charge is 0.508 e. The van der Waals surface area contributed by atoms with Crippen LogP contribution in [0.25, 0.3) is 0 Å². The fraction of sp³-hybridized carbons (Fsp3) is 0.143. The number of aromatic hydroxyl groups is 1. The van der Waals surface area contributed by atoms with Crippen molar-refractivity contribution in [2.24, 2.45) is 0 Å². The Morgan fingerprint density at radius 3 is 2.38 bits per heavy atom. The molecule has 8 heavy (non-hydrogen) atoms. The van der Waals surface area contributed by atoms with Crippen molar-refractivity contribution in [1.82, 2.24) is 0 Å². The monoisotopic (exact) mass is 106 g/mol. The van der Waals surface area contributed by atoms with E-state index in [1.54, 1.807) is 6.07 Å². The average Bonchev–Trinajstić information content (AvgIpc) is 1.62. The fourth-order valence-electron chi connectivity index (χ4n) is 0.979. The summed E-state index contributed by atoms with van der Waals surface area (Å²) in [6.07, 6.45) is 0.975. The van der Waals surface area contributed by atoms with Gasteiger partial charge in [-0.3, -0.25) is 0 Å². The van der Waals surface area contributed by atoms with Crippen LogP contribution in [0.1, 0.15) is 11.1 Å². The lowest BCUT2D eigenvalue weighted by Gasteiger charge is -2.14. The molecule has 0 aliphatic heterocycles. The molecule has 1 aromatic carbocycles. The van der Waals surface area contributed by atoms with E-state index in [0.717, 1.165) is 12.0 Å². The molecule has 0 atom stereocenters. The number of hydrogen-bond donors (Lipinski definition) is 1. The van der Waals surface area contributed by atoms with E-state index in [-0.39, 0.29) is 0 Å². The molecule has 0 fully saturated rings. The number of phenolic OH excluding ortho intramolecular Hbond substituents is 1. The molecule has 1 heteroatoms. The smallest absolute Gasteiger partial charge is 0.119 e. The lowest BCUT2D eigenvalue weighted by Crippen LogP contribution is -1.99. The summed E-state index contributed by atoms with van der Waals surface area (Å²) in [4.78, 5) is 0. The van der Waals surface area contributed by atoms with Gasteiger partial charge in [-0.15, -0.1) is 0 Å². The summed E-state index contributed by atoms with van der Waals surface area (Å²) in [7, 11) is 0. The number of rotatable bonds is 0. The van der Waals surface area contributed by atoms with E-state index in [1.165, 1.54) is 5.56 Å². The minimum atomic E-state index is 0.444. The van der Waals surface area contributed by atoms with Gasteiger partial charge in [0.05, 0.1) is 0 Å². The Morgan fingerprint density at radius 1 is 1.38 bits per heavy atom. The first-order chi connectivity index (χ1) is 3.86. The van der Waals surface area contributed by atoms with Crippen LogP contribution in [0.3, 0.4) is 0 Å². The third-order valence-corrected chi connectivity index (χ3v) is 1.54. The molecule has 1 nitrogen and oxygen atoms in total. The highest BCUT2D eigenvalue weighted by Crippen LogP contribution is 2.29. The molecule has 0 saturated carbocycles. The van der Waals surface area contributed by atoms with Crippen molar-refractivity contribution in [1.29, 1.82) is 0 Å². The van der Waals surface area contributed by atoms with Gasteiger partial charge >= 0.3 is 0 Å². The van der Waals surface area contributed by atoms with Gasteiger partial charge in [-0.05, 0) is 17.2 Å². The quantitative estimate of drug-likeness (QED) is 0.536. The summed E-state index contributed by atoms with van der Waals surface area (Å²) in [5.74, 6) is 0.444. The highest BCUT2D eigenvalue weighted by atomic mass is 16.3. The SMILES string of the molecule is Oc1ccc2cc1C2. The summed E-state index contributed by atoms with van der Waals surface area (Å²) in [6, 6.07) is 5.70. The van der Waals surface area contributed by atoms with Gasteiger partial charge in [0.2, 0.25) is 0 Å². The zero-order chi connectivity index (χ0) is 5.56. The van der Waals surface area contributed by atoms with Crippen molar-refractivity contribution in [3.05, 3.63) is 29.3 Å². The third kappa shape index (κ3) is 0.316. The van der Waals surface area contributed by atoms with Gasteiger partial charge in [0.25, 0.3) is 0 Å². The third-order valence-electron chi connectivity index (χ3n) is 1.54. The molecule has 0 heterocycles. The summed E-state index contributed by atoms with van der Waals surface area (Å²) in [6.45, 7) is 0. The van der Waals surface area contributed by atoms with E-state index in [0.29, 0.717) is 5.75 Å². The first kappa shape index (κ1) is 3.96. The molecule has 0 unspecified atom stereocenters. The summed E-state index contributed by atoms with van der Waals surface area (Å²) >= 11 is 0. The fourth-order valence-corrected chi connectivity index (χ4v) is 0.979. The second-order valence-electron chi connectivity index (χ2n) is 2.14. The van der Waals surface area contributed by atoms with Crippen LogP contribution in [-0.2, 0) is 6.42 Å². The average molecular weight is 106 g/mol. The van der Waals surface area contributed by atoms with E-state index in [4.69, 9.17) is 5.11 Å². The molecule has 0 saturated heterocycles. The molecule has 2 aliphatic rings. The van der Waals surface area contributed by atoms with Crippen molar-refractivity contribution in [3.63, 3.8) is 0 Å². The van der Waals surface area contributed by atoms with Crippen molar-refractivity contribution in [3.8, 4) is 5.75 Å². The van der Waals surface area contributed by atoms with Gasteiger partial charge < -0.3 is 5.11 Å². The van der Waals surface area contributed by atoms with E-state index in [1.807, 2.05) is 12.1 Å². The van der Waals surface area contributed by atoms with Crippen LogP contribution in [0, 0.1) is 0 Å². The van der Waals surface area contributed by atoms with Crippen LogP contribution < -0.4 is 0 Å². The Hall–Kier alpha value is -0.980. The van der Waals surface area contributed by atoms with Gasteiger partial charge in [-0.25, -0.2) is 0 Å². The zero-order valence-corrected chi connectivity index (χ0v) is 4.39. The molecular weight excluding hydrogens is 100 g/mol. The van der Waals surface area contributed by atoms with Crippen molar-refractivity contribution in [2.75, 3.05) is 0 Å².